The van der Waals surface area contributed by atoms with E-state index in [0.29, 0.717) is 5.56 Å². The molecule has 0 bridgehead atoms. The van der Waals surface area contributed by atoms with E-state index in [4.69, 9.17) is 5.26 Å². The zero-order valence-corrected chi connectivity index (χ0v) is 15.5. The van der Waals surface area contributed by atoms with Crippen molar-refractivity contribution in [2.45, 2.75) is 17.6 Å². The van der Waals surface area contributed by atoms with Crippen molar-refractivity contribution < 1.29 is 26.4 Å². The van der Waals surface area contributed by atoms with E-state index < -0.39 is 28.7 Å². The number of nitrogens with zero attached hydrogens (tertiary/aromatic N) is 2. The molecule has 0 radical (unpaired) electrons. The Morgan fingerprint density at radius 1 is 1.18 bits per heavy atom. The van der Waals surface area contributed by atoms with E-state index in [1.165, 1.54) is 55.6 Å². The predicted octanol–water partition coefficient (Wildman–Crippen LogP) is 2.67. The van der Waals surface area contributed by atoms with Gasteiger partial charge in [0.05, 0.1) is 16.5 Å². The maximum absolute atomic E-state index is 12.6. The van der Waals surface area contributed by atoms with Crippen LogP contribution in [0, 0.1) is 11.3 Å². The topological polar surface area (TPSA) is 90.3 Å². The standard InChI is InChI=1S/C18H16F3N3O3S/c1-24(28(26,27)16-4-2-3-14(9-16)10-22)11-13-5-7-15(8-6-13)17(25)23-12-18(19,20)21/h2-9H,11-12H2,1H3,(H,23,25). The summed E-state index contributed by atoms with van der Waals surface area (Å²) in [6.07, 6.45) is -4.50. The fourth-order valence-corrected chi connectivity index (χ4v) is 3.50. The highest BCUT2D eigenvalue weighted by Gasteiger charge is 2.28. The van der Waals surface area contributed by atoms with Crippen LogP contribution in [0.15, 0.2) is 53.4 Å². The van der Waals surface area contributed by atoms with Gasteiger partial charge in [0.25, 0.3) is 5.91 Å². The van der Waals surface area contributed by atoms with E-state index in [9.17, 15) is 26.4 Å². The number of carbonyl (C=O) groups is 1. The number of nitriles is 1. The van der Waals surface area contributed by atoms with Crippen molar-refractivity contribution in [1.29, 1.82) is 5.26 Å². The van der Waals surface area contributed by atoms with Crippen LogP contribution in [0.5, 0.6) is 0 Å². The van der Waals surface area contributed by atoms with Crippen LogP contribution >= 0.6 is 0 Å². The van der Waals surface area contributed by atoms with Crippen molar-refractivity contribution in [2.24, 2.45) is 0 Å². The molecule has 0 unspecified atom stereocenters. The number of amides is 1. The van der Waals surface area contributed by atoms with Crippen molar-refractivity contribution in [3.8, 4) is 6.07 Å². The first-order valence-corrected chi connectivity index (χ1v) is 9.37. The highest BCUT2D eigenvalue weighted by Crippen LogP contribution is 2.18. The zero-order valence-electron chi connectivity index (χ0n) is 14.7. The number of carbonyl (C=O) groups excluding carboxylic acids is 1. The van der Waals surface area contributed by atoms with Gasteiger partial charge in [0.2, 0.25) is 10.0 Å². The van der Waals surface area contributed by atoms with Gasteiger partial charge in [-0.05, 0) is 35.9 Å². The van der Waals surface area contributed by atoms with Gasteiger partial charge in [-0.2, -0.15) is 22.7 Å². The summed E-state index contributed by atoms with van der Waals surface area (Å²) in [4.78, 5) is 11.7. The van der Waals surface area contributed by atoms with Gasteiger partial charge < -0.3 is 5.32 Å². The van der Waals surface area contributed by atoms with Crippen LogP contribution in [0.3, 0.4) is 0 Å². The Kier molecular flexibility index (Phi) is 6.43. The first kappa shape index (κ1) is 21.4. The average molecular weight is 411 g/mol. The molecule has 28 heavy (non-hydrogen) atoms. The second-order valence-corrected chi connectivity index (χ2v) is 7.94. The molecule has 2 rings (SSSR count). The van der Waals surface area contributed by atoms with Crippen molar-refractivity contribution in [1.82, 2.24) is 9.62 Å². The number of nitrogens with one attached hydrogen (secondary N) is 1. The van der Waals surface area contributed by atoms with Gasteiger partial charge in [-0.3, -0.25) is 4.79 Å². The van der Waals surface area contributed by atoms with E-state index in [1.807, 2.05) is 6.07 Å². The summed E-state index contributed by atoms with van der Waals surface area (Å²) in [6.45, 7) is -1.46. The van der Waals surface area contributed by atoms with Crippen molar-refractivity contribution in [2.75, 3.05) is 13.6 Å². The van der Waals surface area contributed by atoms with Crippen molar-refractivity contribution in [3.63, 3.8) is 0 Å². The lowest BCUT2D eigenvalue weighted by Gasteiger charge is -2.17. The molecule has 0 atom stereocenters. The Hall–Kier alpha value is -2.90. The van der Waals surface area contributed by atoms with E-state index in [0.717, 1.165) is 4.31 Å². The Labute approximate surface area is 160 Å². The largest absolute Gasteiger partial charge is 0.405 e. The van der Waals surface area contributed by atoms with E-state index in [-0.39, 0.29) is 22.6 Å². The van der Waals surface area contributed by atoms with Gasteiger partial charge in [-0.1, -0.05) is 18.2 Å². The molecule has 148 valence electrons. The number of alkyl halides is 3. The minimum Gasteiger partial charge on any atom is -0.343 e. The SMILES string of the molecule is CN(Cc1ccc(C(=O)NCC(F)(F)F)cc1)S(=O)(=O)c1cccc(C#N)c1. The monoisotopic (exact) mass is 411 g/mol. The maximum atomic E-state index is 12.6. The van der Waals surface area contributed by atoms with Gasteiger partial charge in [-0.15, -0.1) is 0 Å². The van der Waals surface area contributed by atoms with E-state index in [2.05, 4.69) is 0 Å². The van der Waals surface area contributed by atoms with Crippen molar-refractivity contribution in [3.05, 3.63) is 65.2 Å². The molecule has 2 aromatic rings. The predicted molar refractivity (Wildman–Crippen MR) is 94.6 cm³/mol. The zero-order chi connectivity index (χ0) is 20.9. The lowest BCUT2D eigenvalue weighted by molar-refractivity contribution is -0.123. The minimum atomic E-state index is -4.50. The van der Waals surface area contributed by atoms with Gasteiger partial charge in [0.15, 0.2) is 0 Å². The summed E-state index contributed by atoms with van der Waals surface area (Å²) in [5, 5.41) is 10.7. The summed E-state index contributed by atoms with van der Waals surface area (Å²) in [5.41, 5.74) is 0.777. The Bertz CT molecular complexity index is 997. The molecule has 0 fully saturated rings. The second-order valence-electron chi connectivity index (χ2n) is 5.90. The normalized spacial score (nSPS) is 11.9. The molecule has 10 heteroatoms. The molecule has 0 aromatic heterocycles. The van der Waals surface area contributed by atoms with Gasteiger partial charge in [0.1, 0.15) is 6.54 Å². The van der Waals surface area contributed by atoms with Crippen LogP contribution in [0.2, 0.25) is 0 Å². The Morgan fingerprint density at radius 3 is 2.39 bits per heavy atom. The van der Waals surface area contributed by atoms with Gasteiger partial charge >= 0.3 is 6.18 Å². The number of hydrogen-bond donors (Lipinski definition) is 1. The van der Waals surface area contributed by atoms with Gasteiger partial charge in [0, 0.05) is 19.2 Å². The molecular weight excluding hydrogens is 395 g/mol. The number of halogens is 3. The van der Waals surface area contributed by atoms with Crippen LogP contribution in [-0.4, -0.2) is 38.4 Å². The molecule has 2 aromatic carbocycles. The average Bonchev–Trinajstić information content (AvgIpc) is 2.66. The highest BCUT2D eigenvalue weighted by atomic mass is 32.2. The number of sulfonamides is 1. The third-order valence-corrected chi connectivity index (χ3v) is 5.54. The quantitative estimate of drug-likeness (QED) is 0.791. The molecular formula is C18H16F3N3O3S. The lowest BCUT2D eigenvalue weighted by Crippen LogP contribution is -2.33. The van der Waals surface area contributed by atoms with E-state index in [1.54, 1.807) is 5.32 Å². The molecule has 6 nitrogen and oxygen atoms in total. The number of rotatable bonds is 6. The summed E-state index contributed by atoms with van der Waals surface area (Å²) in [7, 11) is -2.48. The lowest BCUT2D eigenvalue weighted by atomic mass is 10.1. The summed E-state index contributed by atoms with van der Waals surface area (Å²) < 4.78 is 62.7. The van der Waals surface area contributed by atoms with Gasteiger partial charge in [-0.25, -0.2) is 8.42 Å². The molecule has 0 aliphatic heterocycles. The molecule has 1 N–H and O–H groups in total. The molecule has 0 saturated carbocycles. The molecule has 0 saturated heterocycles. The van der Waals surface area contributed by atoms with Crippen LogP contribution in [-0.2, 0) is 16.6 Å². The summed E-state index contributed by atoms with van der Waals surface area (Å²) in [5.74, 6) is -0.877. The fraction of sp³-hybridized carbons (Fsp3) is 0.222. The highest BCUT2D eigenvalue weighted by molar-refractivity contribution is 7.89. The van der Waals surface area contributed by atoms with Crippen LogP contribution in [0.4, 0.5) is 13.2 Å². The molecule has 0 heterocycles. The maximum Gasteiger partial charge on any atom is 0.405 e. The molecule has 0 aliphatic rings. The Morgan fingerprint density at radius 2 is 1.82 bits per heavy atom. The molecule has 0 aliphatic carbocycles. The molecule has 0 spiro atoms. The summed E-state index contributed by atoms with van der Waals surface area (Å²) >= 11 is 0. The van der Waals surface area contributed by atoms with Crippen molar-refractivity contribution >= 4 is 15.9 Å². The third-order valence-electron chi connectivity index (χ3n) is 3.74. The van der Waals surface area contributed by atoms with Crippen LogP contribution in [0.1, 0.15) is 21.5 Å². The second kappa shape index (κ2) is 8.41. The number of hydrogen-bond acceptors (Lipinski definition) is 4. The van der Waals surface area contributed by atoms with Crippen LogP contribution < -0.4 is 5.32 Å². The van der Waals surface area contributed by atoms with E-state index >= 15 is 0 Å². The minimum absolute atomic E-state index is 0.0242. The third kappa shape index (κ3) is 5.55. The smallest absolute Gasteiger partial charge is 0.343 e. The van der Waals surface area contributed by atoms with Crippen LogP contribution in [0.25, 0.3) is 0 Å². The fourth-order valence-electron chi connectivity index (χ4n) is 2.29. The molecule has 1 amide bonds. The first-order valence-electron chi connectivity index (χ1n) is 7.93. The Balaban J connectivity index is 2.08. The number of benzene rings is 2. The first-order chi connectivity index (χ1) is 13.0. The summed E-state index contributed by atoms with van der Waals surface area (Å²) in [6, 6.07) is 13.0.